The average molecular weight is 226 g/mol. The summed E-state index contributed by atoms with van der Waals surface area (Å²) in [4.78, 5) is 23.3. The number of ether oxygens (including phenoxy) is 1. The van der Waals surface area contributed by atoms with E-state index in [0.717, 1.165) is 25.7 Å². The highest BCUT2D eigenvalue weighted by Gasteiger charge is 2.27. The van der Waals surface area contributed by atoms with Crippen molar-refractivity contribution in [2.75, 3.05) is 0 Å². The van der Waals surface area contributed by atoms with E-state index >= 15 is 0 Å². The van der Waals surface area contributed by atoms with Crippen LogP contribution in [0.15, 0.2) is 0 Å². The third kappa shape index (κ3) is 4.33. The van der Waals surface area contributed by atoms with Gasteiger partial charge in [0.2, 0.25) is 5.78 Å². The van der Waals surface area contributed by atoms with Gasteiger partial charge in [0.05, 0.1) is 6.10 Å². The highest BCUT2D eigenvalue weighted by Crippen LogP contribution is 2.23. The summed E-state index contributed by atoms with van der Waals surface area (Å²) in [5.74, 6) is -1.04. The van der Waals surface area contributed by atoms with E-state index in [4.69, 9.17) is 4.74 Å². The molecular weight excluding hydrogens is 204 g/mol. The number of Topliss-reactive ketones (excluding diaryl/α,β-unsaturated/α-hetero) is 1. The molecule has 0 heterocycles. The number of carbonyl (C=O) groups is 2. The molecule has 16 heavy (non-hydrogen) atoms. The SMILES string of the molecule is CC(C)OC(=O)C(=O)C1CCCCCCC1. The number of hydrogen-bond donors (Lipinski definition) is 0. The highest BCUT2D eigenvalue weighted by atomic mass is 16.5. The first-order valence-corrected chi connectivity index (χ1v) is 6.36. The van der Waals surface area contributed by atoms with Crippen molar-refractivity contribution in [1.29, 1.82) is 0 Å². The maximum atomic E-state index is 11.8. The van der Waals surface area contributed by atoms with Crippen molar-refractivity contribution >= 4 is 11.8 Å². The van der Waals surface area contributed by atoms with Gasteiger partial charge in [0, 0.05) is 5.92 Å². The van der Waals surface area contributed by atoms with E-state index < -0.39 is 5.97 Å². The molecule has 0 amide bonds. The maximum Gasteiger partial charge on any atom is 0.375 e. The van der Waals surface area contributed by atoms with Gasteiger partial charge in [-0.15, -0.1) is 0 Å². The van der Waals surface area contributed by atoms with Gasteiger partial charge in [-0.25, -0.2) is 4.79 Å². The predicted octanol–water partition coefficient (Wildman–Crippen LogP) is 2.87. The Labute approximate surface area is 97.5 Å². The van der Waals surface area contributed by atoms with Gasteiger partial charge in [0.1, 0.15) is 0 Å². The molecule has 0 aromatic rings. The van der Waals surface area contributed by atoms with Crippen LogP contribution in [0.4, 0.5) is 0 Å². The third-order valence-electron chi connectivity index (χ3n) is 3.02. The molecule has 3 nitrogen and oxygen atoms in total. The van der Waals surface area contributed by atoms with Crippen molar-refractivity contribution in [3.05, 3.63) is 0 Å². The standard InChI is InChI=1S/C13H22O3/c1-10(2)16-13(15)12(14)11-8-6-4-3-5-7-9-11/h10-11H,3-9H2,1-2H3. The topological polar surface area (TPSA) is 43.4 Å². The zero-order valence-corrected chi connectivity index (χ0v) is 10.3. The molecule has 0 spiro atoms. The quantitative estimate of drug-likeness (QED) is 0.549. The van der Waals surface area contributed by atoms with Crippen LogP contribution >= 0.6 is 0 Å². The van der Waals surface area contributed by atoms with Crippen LogP contribution in [0.2, 0.25) is 0 Å². The third-order valence-corrected chi connectivity index (χ3v) is 3.02. The summed E-state index contributed by atoms with van der Waals surface area (Å²) in [5.41, 5.74) is 0. The van der Waals surface area contributed by atoms with Crippen LogP contribution in [-0.2, 0) is 14.3 Å². The second kappa shape index (κ2) is 6.66. The second-order valence-electron chi connectivity index (χ2n) is 4.86. The Morgan fingerprint density at radius 1 is 1.00 bits per heavy atom. The Morgan fingerprint density at radius 2 is 1.50 bits per heavy atom. The molecule has 0 unspecified atom stereocenters. The average Bonchev–Trinajstić information content (AvgIpc) is 2.15. The van der Waals surface area contributed by atoms with Crippen molar-refractivity contribution in [1.82, 2.24) is 0 Å². The van der Waals surface area contributed by atoms with Gasteiger partial charge < -0.3 is 4.74 Å². The molecule has 0 N–H and O–H groups in total. The lowest BCUT2D eigenvalue weighted by Crippen LogP contribution is -2.28. The largest absolute Gasteiger partial charge is 0.457 e. The zero-order valence-electron chi connectivity index (χ0n) is 10.3. The van der Waals surface area contributed by atoms with Gasteiger partial charge in [-0.1, -0.05) is 32.1 Å². The van der Waals surface area contributed by atoms with E-state index in [1.165, 1.54) is 19.3 Å². The molecule has 0 saturated heterocycles. The van der Waals surface area contributed by atoms with Crippen LogP contribution in [-0.4, -0.2) is 17.9 Å². The molecule has 0 radical (unpaired) electrons. The molecule has 0 aromatic heterocycles. The molecule has 1 aliphatic carbocycles. The van der Waals surface area contributed by atoms with Crippen molar-refractivity contribution in [3.8, 4) is 0 Å². The molecule has 1 fully saturated rings. The van der Waals surface area contributed by atoms with E-state index in [1.54, 1.807) is 13.8 Å². The van der Waals surface area contributed by atoms with E-state index in [-0.39, 0.29) is 17.8 Å². The minimum Gasteiger partial charge on any atom is -0.457 e. The summed E-state index contributed by atoms with van der Waals surface area (Å²) in [6.45, 7) is 3.53. The van der Waals surface area contributed by atoms with Crippen LogP contribution in [0.1, 0.15) is 58.8 Å². The summed E-state index contributed by atoms with van der Waals surface area (Å²) < 4.78 is 4.95. The van der Waals surface area contributed by atoms with E-state index in [0.29, 0.717) is 0 Å². The number of ketones is 1. The van der Waals surface area contributed by atoms with Crippen molar-refractivity contribution in [2.24, 2.45) is 5.92 Å². The Morgan fingerprint density at radius 3 is 2.00 bits per heavy atom. The molecule has 0 bridgehead atoms. The van der Waals surface area contributed by atoms with Gasteiger partial charge in [0.25, 0.3) is 0 Å². The van der Waals surface area contributed by atoms with Gasteiger partial charge >= 0.3 is 5.97 Å². The van der Waals surface area contributed by atoms with E-state index in [9.17, 15) is 9.59 Å². The lowest BCUT2D eigenvalue weighted by Gasteiger charge is -2.18. The number of hydrogen-bond acceptors (Lipinski definition) is 3. The van der Waals surface area contributed by atoms with Crippen LogP contribution in [0.25, 0.3) is 0 Å². The summed E-state index contributed by atoms with van der Waals surface area (Å²) in [6, 6.07) is 0. The molecule has 0 aromatic carbocycles. The first-order chi connectivity index (χ1) is 7.61. The maximum absolute atomic E-state index is 11.8. The van der Waals surface area contributed by atoms with E-state index in [1.807, 2.05) is 0 Å². The smallest absolute Gasteiger partial charge is 0.375 e. The fraction of sp³-hybridized carbons (Fsp3) is 0.846. The van der Waals surface area contributed by atoms with Gasteiger partial charge in [-0.3, -0.25) is 4.79 Å². The summed E-state index contributed by atoms with van der Waals surface area (Å²) in [7, 11) is 0. The summed E-state index contributed by atoms with van der Waals surface area (Å²) in [6.07, 6.45) is 7.25. The number of esters is 1. The highest BCUT2D eigenvalue weighted by molar-refractivity contribution is 6.34. The van der Waals surface area contributed by atoms with Crippen LogP contribution in [0, 0.1) is 5.92 Å². The molecule has 0 aliphatic heterocycles. The first-order valence-electron chi connectivity index (χ1n) is 6.36. The lowest BCUT2D eigenvalue weighted by atomic mass is 9.88. The van der Waals surface area contributed by atoms with Crippen LogP contribution in [0.5, 0.6) is 0 Å². The van der Waals surface area contributed by atoms with Gasteiger partial charge in [-0.05, 0) is 26.7 Å². The minimum atomic E-state index is -0.638. The summed E-state index contributed by atoms with van der Waals surface area (Å²) in [5, 5.41) is 0. The fourth-order valence-electron chi connectivity index (χ4n) is 2.16. The second-order valence-corrected chi connectivity index (χ2v) is 4.86. The molecular formula is C13H22O3. The Bertz CT molecular complexity index is 238. The Kier molecular flexibility index (Phi) is 5.50. The van der Waals surface area contributed by atoms with Gasteiger partial charge in [-0.2, -0.15) is 0 Å². The fourth-order valence-corrected chi connectivity index (χ4v) is 2.16. The molecule has 0 atom stereocenters. The van der Waals surface area contributed by atoms with Gasteiger partial charge in [0.15, 0.2) is 0 Å². The normalized spacial score (nSPS) is 18.9. The van der Waals surface area contributed by atoms with Crippen molar-refractivity contribution in [2.45, 2.75) is 64.9 Å². The minimum absolute atomic E-state index is 0.0912. The van der Waals surface area contributed by atoms with Crippen LogP contribution in [0.3, 0.4) is 0 Å². The molecule has 1 rings (SSSR count). The van der Waals surface area contributed by atoms with Crippen molar-refractivity contribution < 1.29 is 14.3 Å². The van der Waals surface area contributed by atoms with E-state index in [2.05, 4.69) is 0 Å². The van der Waals surface area contributed by atoms with Crippen molar-refractivity contribution in [3.63, 3.8) is 0 Å². The number of carbonyl (C=O) groups excluding carboxylic acids is 2. The van der Waals surface area contributed by atoms with Crippen LogP contribution < -0.4 is 0 Å². The molecule has 1 aliphatic rings. The monoisotopic (exact) mass is 226 g/mol. The molecule has 3 heteroatoms. The number of rotatable bonds is 3. The Hall–Kier alpha value is -0.860. The lowest BCUT2D eigenvalue weighted by molar-refractivity contribution is -0.158. The first kappa shape index (κ1) is 13.2. The zero-order chi connectivity index (χ0) is 12.0. The Balaban J connectivity index is 2.46. The predicted molar refractivity (Wildman–Crippen MR) is 62.0 cm³/mol. The molecule has 1 saturated carbocycles. The summed E-state index contributed by atoms with van der Waals surface area (Å²) >= 11 is 0. The molecule has 92 valence electrons.